The molecule has 4 heterocycles. The summed E-state index contributed by atoms with van der Waals surface area (Å²) in [6.07, 6.45) is 10.5. The van der Waals surface area contributed by atoms with Crippen LogP contribution in [0.3, 0.4) is 0 Å². The molecule has 1 aliphatic carbocycles. The Hall–Kier alpha value is -2.66. The molecule has 146 valence electrons. The van der Waals surface area contributed by atoms with Crippen LogP contribution in [-0.4, -0.2) is 55.5 Å². The number of rotatable bonds is 4. The molecule has 0 N–H and O–H groups in total. The molecule has 2 fully saturated rings. The van der Waals surface area contributed by atoms with Crippen molar-refractivity contribution in [1.29, 1.82) is 0 Å². The smallest absolute Gasteiger partial charge is 0.278 e. The third-order valence-electron chi connectivity index (χ3n) is 5.78. The van der Waals surface area contributed by atoms with Gasteiger partial charge in [-0.25, -0.2) is 18.4 Å². The Morgan fingerprint density at radius 2 is 2.18 bits per heavy atom. The fraction of sp³-hybridized carbons (Fsp3) is 0.471. The van der Waals surface area contributed by atoms with Gasteiger partial charge in [-0.3, -0.25) is 4.98 Å². The van der Waals surface area contributed by atoms with Gasteiger partial charge < -0.3 is 9.09 Å². The first-order chi connectivity index (χ1) is 13.5. The van der Waals surface area contributed by atoms with Gasteiger partial charge in [0.2, 0.25) is 0 Å². The van der Waals surface area contributed by atoms with E-state index in [1.54, 1.807) is 30.2 Å². The Morgan fingerprint density at radius 1 is 1.29 bits per heavy atom. The van der Waals surface area contributed by atoms with Crippen LogP contribution in [-0.2, 0) is 22.5 Å². The van der Waals surface area contributed by atoms with Crippen molar-refractivity contribution in [3.8, 4) is 11.6 Å². The molecule has 1 saturated carbocycles. The summed E-state index contributed by atoms with van der Waals surface area (Å²) >= 11 is 0. The second-order valence-corrected chi connectivity index (χ2v) is 9.32. The molecular formula is C17H19N7O3S. The molecule has 0 bridgehead atoms. The Balaban J connectivity index is 1.49. The molecule has 10 nitrogen and oxygen atoms in total. The van der Waals surface area contributed by atoms with Gasteiger partial charge in [-0.15, -0.1) is 0 Å². The Labute approximate surface area is 161 Å². The zero-order chi connectivity index (χ0) is 19.4. The van der Waals surface area contributed by atoms with Crippen molar-refractivity contribution in [2.45, 2.75) is 29.7 Å². The van der Waals surface area contributed by atoms with Crippen LogP contribution in [0, 0.1) is 5.92 Å². The lowest BCUT2D eigenvalue weighted by Crippen LogP contribution is -2.35. The van der Waals surface area contributed by atoms with Crippen molar-refractivity contribution in [2.24, 2.45) is 13.0 Å². The summed E-state index contributed by atoms with van der Waals surface area (Å²) in [6, 6.07) is 0. The summed E-state index contributed by atoms with van der Waals surface area (Å²) in [5, 5.41) is 4.27. The van der Waals surface area contributed by atoms with E-state index >= 15 is 0 Å². The maximum atomic E-state index is 13.0. The van der Waals surface area contributed by atoms with Gasteiger partial charge in [-0.05, 0) is 18.8 Å². The highest BCUT2D eigenvalue weighted by Crippen LogP contribution is 2.50. The third-order valence-corrected chi connectivity index (χ3v) is 7.48. The second-order valence-electron chi connectivity index (χ2n) is 7.43. The number of imidazole rings is 1. The average Bonchev–Trinajstić information content (AvgIpc) is 3.44. The quantitative estimate of drug-likeness (QED) is 0.635. The summed E-state index contributed by atoms with van der Waals surface area (Å²) in [6.45, 7) is 0.768. The van der Waals surface area contributed by atoms with Gasteiger partial charge in [-0.1, -0.05) is 11.6 Å². The summed E-state index contributed by atoms with van der Waals surface area (Å²) in [5.74, 6) is 1.00. The lowest BCUT2D eigenvalue weighted by molar-refractivity contribution is 0.340. The molecule has 0 radical (unpaired) electrons. The van der Waals surface area contributed by atoms with E-state index < -0.39 is 15.4 Å². The van der Waals surface area contributed by atoms with Gasteiger partial charge in [0.25, 0.3) is 15.9 Å². The SMILES string of the molecule is Cn1cnc(S(=O)(=O)N2C[C@H]3CCC[C@@]3(c3noc(-c4cnccn4)n3)C2)c1. The van der Waals surface area contributed by atoms with Gasteiger partial charge in [0.05, 0.1) is 17.9 Å². The van der Waals surface area contributed by atoms with Crippen molar-refractivity contribution in [3.05, 3.63) is 36.9 Å². The molecule has 2 aliphatic rings. The number of nitrogens with zero attached hydrogens (tertiary/aromatic N) is 7. The van der Waals surface area contributed by atoms with E-state index in [4.69, 9.17) is 4.52 Å². The first-order valence-corrected chi connectivity index (χ1v) is 10.5. The van der Waals surface area contributed by atoms with Crippen molar-refractivity contribution in [3.63, 3.8) is 0 Å². The first-order valence-electron chi connectivity index (χ1n) is 9.08. The number of aromatic nitrogens is 6. The number of hydrogen-bond donors (Lipinski definition) is 0. The van der Waals surface area contributed by atoms with E-state index in [1.807, 2.05) is 0 Å². The Kier molecular flexibility index (Phi) is 3.85. The summed E-state index contributed by atoms with van der Waals surface area (Å²) in [7, 11) is -1.91. The molecule has 3 aromatic heterocycles. The molecule has 1 saturated heterocycles. The van der Waals surface area contributed by atoms with E-state index in [0.29, 0.717) is 30.5 Å². The maximum absolute atomic E-state index is 13.0. The minimum atomic E-state index is -3.66. The minimum Gasteiger partial charge on any atom is -0.339 e. The fourth-order valence-electron chi connectivity index (χ4n) is 4.39. The van der Waals surface area contributed by atoms with Crippen LogP contribution in [0.2, 0.25) is 0 Å². The first kappa shape index (κ1) is 17.4. The monoisotopic (exact) mass is 401 g/mol. The molecule has 0 amide bonds. The zero-order valence-corrected chi connectivity index (χ0v) is 16.1. The number of sulfonamides is 1. The topological polar surface area (TPSA) is 120 Å². The molecule has 5 rings (SSSR count). The van der Waals surface area contributed by atoms with E-state index in [2.05, 4.69) is 25.1 Å². The maximum Gasteiger partial charge on any atom is 0.278 e. The van der Waals surface area contributed by atoms with Gasteiger partial charge in [0.1, 0.15) is 5.69 Å². The number of aryl methyl sites for hydroxylation is 1. The molecule has 0 aromatic carbocycles. The Morgan fingerprint density at radius 3 is 2.93 bits per heavy atom. The van der Waals surface area contributed by atoms with Crippen molar-refractivity contribution in [2.75, 3.05) is 13.1 Å². The largest absolute Gasteiger partial charge is 0.339 e. The minimum absolute atomic E-state index is 0.0680. The zero-order valence-electron chi connectivity index (χ0n) is 15.3. The van der Waals surface area contributed by atoms with Crippen LogP contribution in [0.1, 0.15) is 25.1 Å². The lowest BCUT2D eigenvalue weighted by atomic mass is 9.80. The Bertz CT molecular complexity index is 1110. The van der Waals surface area contributed by atoms with Gasteiger partial charge in [-0.2, -0.15) is 9.29 Å². The molecule has 0 unspecified atom stereocenters. The standard InChI is InChI=1S/C17H19N7O3S/c1-23-9-14(20-11-23)28(25,26)24-8-12-3-2-4-17(12,10-24)16-21-15(27-22-16)13-7-18-5-6-19-13/h5-7,9,11-12H,2-4,8,10H2,1H3/t12-,17-/m1/s1. The molecule has 28 heavy (non-hydrogen) atoms. The molecular weight excluding hydrogens is 382 g/mol. The van der Waals surface area contributed by atoms with Crippen LogP contribution in [0.5, 0.6) is 0 Å². The molecule has 3 aromatic rings. The predicted octanol–water partition coefficient (Wildman–Crippen LogP) is 1.00. The average molecular weight is 401 g/mol. The number of hydrogen-bond acceptors (Lipinski definition) is 8. The highest BCUT2D eigenvalue weighted by Gasteiger charge is 2.56. The van der Waals surface area contributed by atoms with Crippen LogP contribution in [0.25, 0.3) is 11.6 Å². The molecule has 1 aliphatic heterocycles. The van der Waals surface area contributed by atoms with Crippen LogP contribution in [0.4, 0.5) is 0 Å². The second kappa shape index (κ2) is 6.17. The van der Waals surface area contributed by atoms with E-state index in [1.165, 1.54) is 16.8 Å². The van der Waals surface area contributed by atoms with Crippen molar-refractivity contribution < 1.29 is 12.9 Å². The summed E-state index contributed by atoms with van der Waals surface area (Å²) in [5.41, 5.74) is 0.0642. The highest BCUT2D eigenvalue weighted by molar-refractivity contribution is 7.89. The van der Waals surface area contributed by atoms with Crippen LogP contribution < -0.4 is 0 Å². The fourth-order valence-corrected chi connectivity index (χ4v) is 5.91. The summed E-state index contributed by atoms with van der Waals surface area (Å²) in [4.78, 5) is 16.8. The lowest BCUT2D eigenvalue weighted by Gasteiger charge is -2.24. The molecule has 11 heteroatoms. The molecule has 0 spiro atoms. The highest BCUT2D eigenvalue weighted by atomic mass is 32.2. The summed E-state index contributed by atoms with van der Waals surface area (Å²) < 4.78 is 34.7. The van der Waals surface area contributed by atoms with Crippen molar-refractivity contribution >= 4 is 10.0 Å². The third kappa shape index (κ3) is 2.57. The van der Waals surface area contributed by atoms with E-state index in [-0.39, 0.29) is 10.9 Å². The molecule has 2 atom stereocenters. The van der Waals surface area contributed by atoms with Gasteiger partial charge in [0.15, 0.2) is 10.9 Å². The van der Waals surface area contributed by atoms with Crippen molar-refractivity contribution in [1.82, 2.24) is 34.0 Å². The predicted molar refractivity (Wildman–Crippen MR) is 96.3 cm³/mol. The van der Waals surface area contributed by atoms with E-state index in [9.17, 15) is 8.42 Å². The van der Waals surface area contributed by atoms with Gasteiger partial charge >= 0.3 is 0 Å². The van der Waals surface area contributed by atoms with Gasteiger partial charge in [0, 0.05) is 38.7 Å². The number of fused-ring (bicyclic) bond motifs is 1. The van der Waals surface area contributed by atoms with Crippen LogP contribution in [0.15, 0.2) is 40.7 Å². The normalized spacial score (nSPS) is 25.2. The van der Waals surface area contributed by atoms with E-state index in [0.717, 1.165) is 19.3 Å². The van der Waals surface area contributed by atoms with Crippen LogP contribution >= 0.6 is 0 Å².